The molecule has 0 radical (unpaired) electrons. The molecule has 0 amide bonds. The molecule has 0 aliphatic rings. The van der Waals surface area contributed by atoms with Crippen molar-refractivity contribution in [3.63, 3.8) is 0 Å². The second-order valence-corrected chi connectivity index (χ2v) is 15.3. The highest BCUT2D eigenvalue weighted by Gasteiger charge is 2.26. The number of esters is 2. The second kappa shape index (κ2) is 35.2. The summed E-state index contributed by atoms with van der Waals surface area (Å²) in [6, 6.07) is 0. The molecule has 0 aliphatic heterocycles. The first kappa shape index (κ1) is 47.8. The van der Waals surface area contributed by atoms with Gasteiger partial charge in [-0.25, -0.2) is 4.57 Å². The van der Waals surface area contributed by atoms with Crippen LogP contribution in [0.25, 0.3) is 0 Å². The third kappa shape index (κ3) is 36.3. The fourth-order valence-corrected chi connectivity index (χ4v) is 6.19. The highest BCUT2D eigenvalue weighted by Crippen LogP contribution is 2.43. The number of ether oxygens (including phenoxy) is 2. The van der Waals surface area contributed by atoms with E-state index in [-0.39, 0.29) is 32.0 Å². The van der Waals surface area contributed by atoms with E-state index in [0.29, 0.717) is 13.0 Å². The van der Waals surface area contributed by atoms with Crippen molar-refractivity contribution in [1.29, 1.82) is 0 Å². The molecule has 0 aliphatic carbocycles. The molecular formula is C39H76NO8P. The standard InChI is InChI=1S/C39H76NO8P/c1-5-7-9-11-13-15-17-18-19-20-22-23-25-27-29-31-38(41)45-35-37(36-47-49(43,44)46-34-33-40(3)4)48-39(42)32-30-28-26-24-21-16-14-12-10-8-6-2/h15,17,37H,5-14,16,18-36H2,1-4H3,(H,43,44)/b17-15-. The third-order valence-corrected chi connectivity index (χ3v) is 9.56. The average Bonchev–Trinajstić information content (AvgIpc) is 3.06. The van der Waals surface area contributed by atoms with Crippen LogP contribution in [0.4, 0.5) is 0 Å². The lowest BCUT2D eigenvalue weighted by Crippen LogP contribution is -2.29. The zero-order valence-corrected chi connectivity index (χ0v) is 33.0. The highest BCUT2D eigenvalue weighted by molar-refractivity contribution is 7.47. The Morgan fingerprint density at radius 3 is 1.53 bits per heavy atom. The van der Waals surface area contributed by atoms with Gasteiger partial charge in [0.1, 0.15) is 6.61 Å². The molecule has 0 saturated carbocycles. The van der Waals surface area contributed by atoms with Crippen molar-refractivity contribution >= 4 is 19.8 Å². The Morgan fingerprint density at radius 2 is 1.04 bits per heavy atom. The van der Waals surface area contributed by atoms with Crippen LogP contribution in [-0.2, 0) is 32.7 Å². The van der Waals surface area contributed by atoms with Crippen molar-refractivity contribution in [3.8, 4) is 0 Å². The molecule has 0 spiro atoms. The monoisotopic (exact) mass is 718 g/mol. The Morgan fingerprint density at radius 1 is 0.612 bits per heavy atom. The first-order chi connectivity index (χ1) is 23.7. The van der Waals surface area contributed by atoms with E-state index in [4.69, 9.17) is 18.5 Å². The molecule has 0 saturated heterocycles. The van der Waals surface area contributed by atoms with Crippen molar-refractivity contribution in [2.24, 2.45) is 0 Å². The quantitative estimate of drug-likeness (QED) is 0.0290. The van der Waals surface area contributed by atoms with E-state index in [0.717, 1.165) is 32.1 Å². The summed E-state index contributed by atoms with van der Waals surface area (Å²) in [7, 11) is -0.704. The first-order valence-electron chi connectivity index (χ1n) is 20.0. The van der Waals surface area contributed by atoms with Crippen LogP contribution in [0, 0.1) is 0 Å². The van der Waals surface area contributed by atoms with Gasteiger partial charge < -0.3 is 19.3 Å². The number of phosphoric acid groups is 1. The lowest BCUT2D eigenvalue weighted by Gasteiger charge is -2.20. The van der Waals surface area contributed by atoms with E-state index in [1.54, 1.807) is 0 Å². The molecule has 0 fully saturated rings. The molecule has 1 N–H and O–H groups in total. The third-order valence-electron chi connectivity index (χ3n) is 8.57. The van der Waals surface area contributed by atoms with Gasteiger partial charge in [0.05, 0.1) is 13.2 Å². The number of carbonyl (C=O) groups excluding carboxylic acids is 2. The molecule has 0 rings (SSSR count). The van der Waals surface area contributed by atoms with E-state index in [1.807, 2.05) is 19.0 Å². The molecule has 0 heterocycles. The Kier molecular flexibility index (Phi) is 34.3. The Hall–Kier alpha value is -1.25. The summed E-state index contributed by atoms with van der Waals surface area (Å²) in [5.41, 5.74) is 0. The number of carbonyl (C=O) groups is 2. The van der Waals surface area contributed by atoms with Crippen LogP contribution < -0.4 is 0 Å². The normalized spacial score (nSPS) is 13.6. The maximum atomic E-state index is 12.6. The number of rotatable bonds is 37. The summed E-state index contributed by atoms with van der Waals surface area (Å²) in [6.07, 6.45) is 32.5. The molecule has 0 aromatic rings. The number of likely N-dealkylation sites (N-methyl/N-ethyl adjacent to an activating group) is 1. The lowest BCUT2D eigenvalue weighted by molar-refractivity contribution is -0.161. The van der Waals surface area contributed by atoms with Crippen LogP contribution in [0.1, 0.15) is 181 Å². The van der Waals surface area contributed by atoms with Crippen LogP contribution in [0.5, 0.6) is 0 Å². The largest absolute Gasteiger partial charge is 0.472 e. The Labute approximate surface area is 301 Å². The number of unbranched alkanes of at least 4 members (excludes halogenated alkanes) is 21. The number of phosphoric ester groups is 1. The van der Waals surface area contributed by atoms with Gasteiger partial charge in [0.15, 0.2) is 6.10 Å². The number of allylic oxidation sites excluding steroid dienone is 2. The molecule has 0 aromatic heterocycles. The molecular weight excluding hydrogens is 641 g/mol. The minimum absolute atomic E-state index is 0.00960. The van der Waals surface area contributed by atoms with Gasteiger partial charge in [-0.2, -0.15) is 0 Å². The SMILES string of the molecule is CCCCCC/C=C\CCCCCCCCCC(=O)OCC(COP(=O)(O)OCCN(C)C)OC(=O)CCCCCCCCCCCCC. The zero-order chi connectivity index (χ0) is 36.3. The maximum absolute atomic E-state index is 12.6. The minimum atomic E-state index is -4.35. The van der Waals surface area contributed by atoms with Crippen LogP contribution in [-0.4, -0.2) is 68.3 Å². The summed E-state index contributed by atoms with van der Waals surface area (Å²) in [5.74, 6) is -0.803. The van der Waals surface area contributed by atoms with E-state index in [9.17, 15) is 19.0 Å². The molecule has 2 unspecified atom stereocenters. The molecule has 0 bridgehead atoms. The van der Waals surface area contributed by atoms with E-state index in [1.165, 1.54) is 116 Å². The highest BCUT2D eigenvalue weighted by atomic mass is 31.2. The smallest absolute Gasteiger partial charge is 0.462 e. The van der Waals surface area contributed by atoms with Crippen LogP contribution in [0.3, 0.4) is 0 Å². The van der Waals surface area contributed by atoms with Crippen molar-refractivity contribution < 1.29 is 37.6 Å². The minimum Gasteiger partial charge on any atom is -0.462 e. The lowest BCUT2D eigenvalue weighted by atomic mass is 10.1. The predicted octanol–water partition coefficient (Wildman–Crippen LogP) is 10.9. The molecule has 0 aromatic carbocycles. The summed E-state index contributed by atoms with van der Waals surface area (Å²) in [4.78, 5) is 36.8. The molecule has 2 atom stereocenters. The topological polar surface area (TPSA) is 112 Å². The molecule has 10 heteroatoms. The number of nitrogens with zero attached hydrogens (tertiary/aromatic N) is 1. The summed E-state index contributed by atoms with van der Waals surface area (Å²) in [6.45, 7) is 4.30. The Balaban J connectivity index is 4.31. The predicted molar refractivity (Wildman–Crippen MR) is 202 cm³/mol. The molecule has 290 valence electrons. The van der Waals surface area contributed by atoms with Crippen LogP contribution in [0.15, 0.2) is 12.2 Å². The average molecular weight is 718 g/mol. The van der Waals surface area contributed by atoms with Gasteiger partial charge in [0.25, 0.3) is 0 Å². The van der Waals surface area contributed by atoms with Gasteiger partial charge in [-0.05, 0) is 52.6 Å². The second-order valence-electron chi connectivity index (χ2n) is 13.8. The van der Waals surface area contributed by atoms with Crippen molar-refractivity contribution in [3.05, 3.63) is 12.2 Å². The van der Waals surface area contributed by atoms with Gasteiger partial charge in [-0.1, -0.05) is 142 Å². The number of hydrogen-bond donors (Lipinski definition) is 1. The molecule has 49 heavy (non-hydrogen) atoms. The van der Waals surface area contributed by atoms with Crippen molar-refractivity contribution in [1.82, 2.24) is 4.90 Å². The number of hydrogen-bond acceptors (Lipinski definition) is 8. The fourth-order valence-electron chi connectivity index (χ4n) is 5.45. The van der Waals surface area contributed by atoms with Gasteiger partial charge in [-0.3, -0.25) is 18.6 Å². The first-order valence-corrected chi connectivity index (χ1v) is 21.5. The van der Waals surface area contributed by atoms with Crippen molar-refractivity contribution in [2.45, 2.75) is 187 Å². The van der Waals surface area contributed by atoms with E-state index < -0.39 is 26.5 Å². The van der Waals surface area contributed by atoms with E-state index >= 15 is 0 Å². The van der Waals surface area contributed by atoms with Crippen LogP contribution in [0.2, 0.25) is 0 Å². The molecule has 9 nitrogen and oxygen atoms in total. The summed E-state index contributed by atoms with van der Waals surface area (Å²) in [5, 5.41) is 0. The summed E-state index contributed by atoms with van der Waals surface area (Å²) < 4.78 is 33.3. The zero-order valence-electron chi connectivity index (χ0n) is 32.1. The van der Waals surface area contributed by atoms with E-state index in [2.05, 4.69) is 26.0 Å². The van der Waals surface area contributed by atoms with Gasteiger partial charge in [0, 0.05) is 19.4 Å². The summed E-state index contributed by atoms with van der Waals surface area (Å²) >= 11 is 0. The fraction of sp³-hybridized carbons (Fsp3) is 0.897. The van der Waals surface area contributed by atoms with Crippen LogP contribution >= 0.6 is 7.82 Å². The Bertz CT molecular complexity index is 838. The maximum Gasteiger partial charge on any atom is 0.472 e. The van der Waals surface area contributed by atoms with Gasteiger partial charge in [-0.15, -0.1) is 0 Å². The van der Waals surface area contributed by atoms with Gasteiger partial charge in [0.2, 0.25) is 0 Å². The van der Waals surface area contributed by atoms with Crippen molar-refractivity contribution in [2.75, 3.05) is 40.5 Å². The van der Waals surface area contributed by atoms with Gasteiger partial charge >= 0.3 is 19.8 Å².